The molecule has 1 heterocycles. The molecule has 0 unspecified atom stereocenters. The summed E-state index contributed by atoms with van der Waals surface area (Å²) < 4.78 is 6.54. The molecule has 0 radical (unpaired) electrons. The maximum Gasteiger partial charge on any atom is 0.119 e. The van der Waals surface area contributed by atoms with Crippen molar-refractivity contribution < 1.29 is 4.74 Å². The molecule has 0 fully saturated rings. The summed E-state index contributed by atoms with van der Waals surface area (Å²) in [4.78, 5) is 0. The Morgan fingerprint density at radius 2 is 2.09 bits per heavy atom. The third-order valence-corrected chi connectivity index (χ3v) is 5.27. The van der Waals surface area contributed by atoms with Gasteiger partial charge in [-0.3, -0.25) is 0 Å². The second-order valence-electron chi connectivity index (χ2n) is 5.98. The molecule has 2 aliphatic rings. The molecule has 4 rings (SSSR count). The lowest BCUT2D eigenvalue weighted by atomic mass is 9.77. The van der Waals surface area contributed by atoms with E-state index >= 15 is 0 Å². The Bertz CT molecular complexity index is 740. The molecule has 1 aliphatic heterocycles. The molecule has 3 heteroatoms. The van der Waals surface area contributed by atoms with Gasteiger partial charge >= 0.3 is 0 Å². The third-order valence-electron chi connectivity index (χ3n) is 4.78. The number of anilines is 1. The molecule has 0 amide bonds. The number of rotatable bonds is 2. The standard InChI is InChI=1S/C19H18BrNO/c1-22-14-5-2-4-12(10-14)19-16-7-3-6-15(16)17-11-13(20)8-9-18(17)21-19/h2-6,8-11,15-16,19,21H,7H2,1H3/t15-,16-,19-/m0/s1. The van der Waals surface area contributed by atoms with E-state index < -0.39 is 0 Å². The van der Waals surface area contributed by atoms with Crippen molar-refractivity contribution in [3.8, 4) is 5.75 Å². The van der Waals surface area contributed by atoms with Gasteiger partial charge in [0.05, 0.1) is 13.2 Å². The molecule has 1 aliphatic carbocycles. The Labute approximate surface area is 139 Å². The van der Waals surface area contributed by atoms with Crippen molar-refractivity contribution in [2.45, 2.75) is 18.4 Å². The minimum absolute atomic E-state index is 0.323. The van der Waals surface area contributed by atoms with Crippen LogP contribution in [0, 0.1) is 5.92 Å². The Hall–Kier alpha value is -1.74. The third kappa shape index (κ3) is 2.24. The first kappa shape index (κ1) is 13.9. The van der Waals surface area contributed by atoms with Crippen LogP contribution in [0.4, 0.5) is 5.69 Å². The predicted molar refractivity (Wildman–Crippen MR) is 93.5 cm³/mol. The number of hydrogen-bond acceptors (Lipinski definition) is 2. The largest absolute Gasteiger partial charge is 0.497 e. The molecule has 112 valence electrons. The number of halogens is 1. The van der Waals surface area contributed by atoms with Crippen LogP contribution in [0.25, 0.3) is 0 Å². The van der Waals surface area contributed by atoms with Crippen molar-refractivity contribution in [3.05, 3.63) is 70.2 Å². The summed E-state index contributed by atoms with van der Waals surface area (Å²) in [7, 11) is 1.72. The second-order valence-corrected chi connectivity index (χ2v) is 6.90. The number of allylic oxidation sites excluding steroid dienone is 2. The maximum atomic E-state index is 5.39. The summed E-state index contributed by atoms with van der Waals surface area (Å²) in [5.41, 5.74) is 3.93. The van der Waals surface area contributed by atoms with Crippen LogP contribution < -0.4 is 10.1 Å². The van der Waals surface area contributed by atoms with Crippen molar-refractivity contribution in [1.82, 2.24) is 0 Å². The minimum Gasteiger partial charge on any atom is -0.497 e. The molecule has 0 saturated carbocycles. The van der Waals surface area contributed by atoms with Crippen LogP contribution in [-0.4, -0.2) is 7.11 Å². The van der Waals surface area contributed by atoms with Gasteiger partial charge in [0.15, 0.2) is 0 Å². The van der Waals surface area contributed by atoms with Crippen LogP contribution in [0.15, 0.2) is 59.1 Å². The molecule has 1 N–H and O–H groups in total. The average Bonchev–Trinajstić information content (AvgIpc) is 3.04. The SMILES string of the molecule is COc1cccc([C@@H]2Nc3ccc(Br)cc3[C@H]3C=CC[C@@H]32)c1. The molecule has 22 heavy (non-hydrogen) atoms. The monoisotopic (exact) mass is 355 g/mol. The molecule has 2 aromatic rings. The smallest absolute Gasteiger partial charge is 0.119 e. The first-order valence-corrected chi connectivity index (χ1v) is 8.42. The van der Waals surface area contributed by atoms with Gasteiger partial charge in [-0.25, -0.2) is 0 Å². The molecular formula is C19H18BrNO. The van der Waals surface area contributed by atoms with Gasteiger partial charge in [0.1, 0.15) is 5.75 Å². The average molecular weight is 356 g/mol. The number of nitrogens with one attached hydrogen (secondary N) is 1. The lowest BCUT2D eigenvalue weighted by Crippen LogP contribution is -2.29. The zero-order chi connectivity index (χ0) is 15.1. The van der Waals surface area contributed by atoms with E-state index in [-0.39, 0.29) is 0 Å². The van der Waals surface area contributed by atoms with Crippen LogP contribution in [0.5, 0.6) is 5.75 Å². The predicted octanol–water partition coefficient (Wildman–Crippen LogP) is 5.28. The molecular weight excluding hydrogens is 338 g/mol. The summed E-state index contributed by atoms with van der Waals surface area (Å²) >= 11 is 3.60. The van der Waals surface area contributed by atoms with Crippen LogP contribution in [0.1, 0.15) is 29.5 Å². The van der Waals surface area contributed by atoms with Crippen molar-refractivity contribution in [2.75, 3.05) is 12.4 Å². The minimum atomic E-state index is 0.323. The number of fused-ring (bicyclic) bond motifs is 3. The zero-order valence-electron chi connectivity index (χ0n) is 12.4. The van der Waals surface area contributed by atoms with Gasteiger partial charge in [-0.15, -0.1) is 0 Å². The Morgan fingerprint density at radius 3 is 2.95 bits per heavy atom. The maximum absolute atomic E-state index is 5.39. The van der Waals surface area contributed by atoms with Crippen LogP contribution in [-0.2, 0) is 0 Å². The summed E-state index contributed by atoms with van der Waals surface area (Å²) in [6.45, 7) is 0. The van der Waals surface area contributed by atoms with Gasteiger partial charge in [-0.1, -0.05) is 40.2 Å². The van der Waals surface area contributed by atoms with Crippen LogP contribution in [0.3, 0.4) is 0 Å². The van der Waals surface area contributed by atoms with E-state index in [0.29, 0.717) is 17.9 Å². The molecule has 3 atom stereocenters. The Balaban J connectivity index is 1.77. The van der Waals surface area contributed by atoms with Gasteiger partial charge in [0.25, 0.3) is 0 Å². The van der Waals surface area contributed by atoms with Gasteiger partial charge in [0, 0.05) is 16.1 Å². The Kier molecular flexibility index (Phi) is 3.45. The molecule has 0 bridgehead atoms. The van der Waals surface area contributed by atoms with E-state index in [0.717, 1.165) is 16.6 Å². The normalized spacial score (nSPS) is 25.3. The molecule has 0 spiro atoms. The summed E-state index contributed by atoms with van der Waals surface area (Å²) in [5, 5.41) is 3.75. The van der Waals surface area contributed by atoms with Crippen molar-refractivity contribution in [1.29, 1.82) is 0 Å². The molecule has 0 aromatic heterocycles. The van der Waals surface area contributed by atoms with Gasteiger partial charge in [0.2, 0.25) is 0 Å². The number of benzene rings is 2. The molecule has 0 saturated heterocycles. The van der Waals surface area contributed by atoms with E-state index in [1.165, 1.54) is 16.8 Å². The van der Waals surface area contributed by atoms with E-state index in [2.05, 4.69) is 69.8 Å². The quantitative estimate of drug-likeness (QED) is 0.739. The van der Waals surface area contributed by atoms with Crippen molar-refractivity contribution in [3.63, 3.8) is 0 Å². The van der Waals surface area contributed by atoms with Crippen LogP contribution in [0.2, 0.25) is 0 Å². The van der Waals surface area contributed by atoms with E-state index in [9.17, 15) is 0 Å². The number of ether oxygens (including phenoxy) is 1. The second kappa shape index (κ2) is 5.47. The fraction of sp³-hybridized carbons (Fsp3) is 0.263. The van der Waals surface area contributed by atoms with Crippen LogP contribution >= 0.6 is 15.9 Å². The highest BCUT2D eigenvalue weighted by Crippen LogP contribution is 2.50. The van der Waals surface area contributed by atoms with Gasteiger partial charge < -0.3 is 10.1 Å². The van der Waals surface area contributed by atoms with Gasteiger partial charge in [-0.05, 0) is 53.8 Å². The fourth-order valence-electron chi connectivity index (χ4n) is 3.73. The Morgan fingerprint density at radius 1 is 1.18 bits per heavy atom. The highest BCUT2D eigenvalue weighted by atomic mass is 79.9. The lowest BCUT2D eigenvalue weighted by Gasteiger charge is -2.37. The summed E-state index contributed by atoms with van der Waals surface area (Å²) in [6, 6.07) is 15.3. The highest BCUT2D eigenvalue weighted by molar-refractivity contribution is 9.10. The van der Waals surface area contributed by atoms with Crippen molar-refractivity contribution >= 4 is 21.6 Å². The highest BCUT2D eigenvalue weighted by Gasteiger charge is 2.37. The van der Waals surface area contributed by atoms with Gasteiger partial charge in [-0.2, -0.15) is 0 Å². The van der Waals surface area contributed by atoms with E-state index in [4.69, 9.17) is 4.74 Å². The zero-order valence-corrected chi connectivity index (χ0v) is 14.0. The topological polar surface area (TPSA) is 21.3 Å². The number of methoxy groups -OCH3 is 1. The fourth-order valence-corrected chi connectivity index (χ4v) is 4.11. The van der Waals surface area contributed by atoms with Crippen molar-refractivity contribution in [2.24, 2.45) is 5.92 Å². The molecule has 2 aromatic carbocycles. The van der Waals surface area contributed by atoms with E-state index in [1.54, 1.807) is 7.11 Å². The molecule has 2 nitrogen and oxygen atoms in total. The number of hydrogen-bond donors (Lipinski definition) is 1. The van der Waals surface area contributed by atoms with E-state index in [1.807, 2.05) is 6.07 Å². The lowest BCUT2D eigenvalue weighted by molar-refractivity contribution is 0.406. The first-order valence-electron chi connectivity index (χ1n) is 7.63. The summed E-state index contributed by atoms with van der Waals surface area (Å²) in [6.07, 6.45) is 5.80. The first-order chi connectivity index (χ1) is 10.8. The summed E-state index contributed by atoms with van der Waals surface area (Å²) in [5.74, 6) is 1.97.